The second-order valence-corrected chi connectivity index (χ2v) is 6.25. The summed E-state index contributed by atoms with van der Waals surface area (Å²) in [5, 5.41) is 2.94. The Morgan fingerprint density at radius 2 is 2.15 bits per heavy atom. The van der Waals surface area contributed by atoms with Crippen molar-refractivity contribution in [2.75, 3.05) is 36.5 Å². The van der Waals surface area contributed by atoms with E-state index < -0.39 is 0 Å². The highest BCUT2D eigenvalue weighted by Gasteiger charge is 2.11. The van der Waals surface area contributed by atoms with Crippen LogP contribution in [0.1, 0.15) is 18.4 Å². The zero-order valence-electron chi connectivity index (χ0n) is 11.8. The van der Waals surface area contributed by atoms with Crippen LogP contribution in [0.4, 0.5) is 5.69 Å². The van der Waals surface area contributed by atoms with Gasteiger partial charge in [-0.15, -0.1) is 0 Å². The summed E-state index contributed by atoms with van der Waals surface area (Å²) in [6, 6.07) is 8.14. The van der Waals surface area contributed by atoms with Crippen molar-refractivity contribution in [3.05, 3.63) is 29.8 Å². The Morgan fingerprint density at radius 3 is 2.90 bits per heavy atom. The van der Waals surface area contributed by atoms with E-state index in [2.05, 4.69) is 22.3 Å². The van der Waals surface area contributed by atoms with Gasteiger partial charge in [-0.1, -0.05) is 12.1 Å². The highest BCUT2D eigenvalue weighted by molar-refractivity contribution is 7.99. The summed E-state index contributed by atoms with van der Waals surface area (Å²) >= 11 is 2.02. The van der Waals surface area contributed by atoms with Crippen molar-refractivity contribution in [1.29, 1.82) is 0 Å². The molecule has 1 heterocycles. The Hall–Kier alpha value is -1.04. The highest BCUT2D eigenvalue weighted by atomic mass is 32.2. The second-order valence-electron chi connectivity index (χ2n) is 5.03. The average Bonchev–Trinajstić information content (AvgIpc) is 2.46. The van der Waals surface area contributed by atoms with E-state index in [1.54, 1.807) is 0 Å². The SMILES string of the molecule is NCCCC(=O)Nc1cccc(CN2CCSCC2)c1. The Balaban J connectivity index is 1.88. The first kappa shape index (κ1) is 15.4. The van der Waals surface area contributed by atoms with Gasteiger partial charge in [0.1, 0.15) is 0 Å². The molecule has 0 aliphatic carbocycles. The molecule has 1 fully saturated rings. The third-order valence-electron chi connectivity index (χ3n) is 3.33. The average molecular weight is 293 g/mol. The molecule has 0 atom stereocenters. The van der Waals surface area contributed by atoms with E-state index in [1.807, 2.05) is 23.9 Å². The number of rotatable bonds is 6. The number of hydrogen-bond donors (Lipinski definition) is 2. The zero-order valence-corrected chi connectivity index (χ0v) is 12.6. The van der Waals surface area contributed by atoms with Gasteiger partial charge >= 0.3 is 0 Å². The van der Waals surface area contributed by atoms with Crippen LogP contribution < -0.4 is 11.1 Å². The van der Waals surface area contributed by atoms with E-state index >= 15 is 0 Å². The number of hydrogen-bond acceptors (Lipinski definition) is 4. The molecule has 0 saturated carbocycles. The second kappa shape index (κ2) is 8.29. The lowest BCUT2D eigenvalue weighted by molar-refractivity contribution is -0.116. The molecule has 1 aromatic carbocycles. The summed E-state index contributed by atoms with van der Waals surface area (Å²) in [6.07, 6.45) is 1.22. The number of nitrogens with one attached hydrogen (secondary N) is 1. The fourth-order valence-corrected chi connectivity index (χ4v) is 3.23. The maximum Gasteiger partial charge on any atom is 0.224 e. The predicted molar refractivity (Wildman–Crippen MR) is 86.0 cm³/mol. The number of benzene rings is 1. The lowest BCUT2D eigenvalue weighted by Crippen LogP contribution is -2.31. The van der Waals surface area contributed by atoms with Crippen molar-refractivity contribution < 1.29 is 4.79 Å². The summed E-state index contributed by atoms with van der Waals surface area (Å²) in [6.45, 7) is 3.82. The molecule has 0 aromatic heterocycles. The van der Waals surface area contributed by atoms with Gasteiger partial charge in [0.25, 0.3) is 0 Å². The van der Waals surface area contributed by atoms with Crippen molar-refractivity contribution in [2.45, 2.75) is 19.4 Å². The summed E-state index contributed by atoms with van der Waals surface area (Å²) in [7, 11) is 0. The molecule has 0 spiro atoms. The van der Waals surface area contributed by atoms with Crippen molar-refractivity contribution in [3.8, 4) is 0 Å². The third-order valence-corrected chi connectivity index (χ3v) is 4.27. The van der Waals surface area contributed by atoms with Crippen LogP contribution >= 0.6 is 11.8 Å². The predicted octanol–water partition coefficient (Wildman–Crippen LogP) is 1.91. The van der Waals surface area contributed by atoms with Crippen LogP contribution in [0.3, 0.4) is 0 Å². The molecular formula is C15H23N3OS. The van der Waals surface area contributed by atoms with Crippen LogP contribution in [0.2, 0.25) is 0 Å². The van der Waals surface area contributed by atoms with Crippen LogP contribution in [0, 0.1) is 0 Å². The summed E-state index contributed by atoms with van der Waals surface area (Å²) < 4.78 is 0. The Labute approximate surface area is 125 Å². The lowest BCUT2D eigenvalue weighted by atomic mass is 10.1. The quantitative estimate of drug-likeness (QED) is 0.841. The van der Waals surface area contributed by atoms with Crippen LogP contribution in [0.25, 0.3) is 0 Å². The molecule has 2 rings (SSSR count). The van der Waals surface area contributed by atoms with E-state index in [9.17, 15) is 4.79 Å². The summed E-state index contributed by atoms with van der Waals surface area (Å²) in [5.74, 6) is 2.48. The number of nitrogens with two attached hydrogens (primary N) is 1. The van der Waals surface area contributed by atoms with Crippen molar-refractivity contribution >= 4 is 23.4 Å². The van der Waals surface area contributed by atoms with Crippen molar-refractivity contribution in [3.63, 3.8) is 0 Å². The van der Waals surface area contributed by atoms with E-state index in [-0.39, 0.29) is 5.91 Å². The summed E-state index contributed by atoms with van der Waals surface area (Å²) in [5.41, 5.74) is 7.55. The first-order valence-corrected chi connectivity index (χ1v) is 8.32. The molecule has 20 heavy (non-hydrogen) atoms. The fraction of sp³-hybridized carbons (Fsp3) is 0.533. The number of carbonyl (C=O) groups is 1. The van der Waals surface area contributed by atoms with Crippen LogP contribution in [0.15, 0.2) is 24.3 Å². The van der Waals surface area contributed by atoms with Gasteiger partial charge in [0.2, 0.25) is 5.91 Å². The Morgan fingerprint density at radius 1 is 1.35 bits per heavy atom. The maximum atomic E-state index is 11.7. The zero-order chi connectivity index (χ0) is 14.2. The topological polar surface area (TPSA) is 58.4 Å². The monoisotopic (exact) mass is 293 g/mol. The molecular weight excluding hydrogens is 270 g/mol. The van der Waals surface area contributed by atoms with Crippen LogP contribution in [0.5, 0.6) is 0 Å². The van der Waals surface area contributed by atoms with Crippen molar-refractivity contribution in [2.24, 2.45) is 5.73 Å². The lowest BCUT2D eigenvalue weighted by Gasteiger charge is -2.26. The van der Waals surface area contributed by atoms with Gasteiger partial charge in [0, 0.05) is 43.2 Å². The molecule has 1 aliphatic heterocycles. The number of thioether (sulfide) groups is 1. The first-order chi connectivity index (χ1) is 9.78. The molecule has 3 N–H and O–H groups in total. The highest BCUT2D eigenvalue weighted by Crippen LogP contribution is 2.16. The maximum absolute atomic E-state index is 11.7. The van der Waals surface area contributed by atoms with Gasteiger partial charge in [-0.3, -0.25) is 9.69 Å². The van der Waals surface area contributed by atoms with Gasteiger partial charge in [-0.25, -0.2) is 0 Å². The number of carbonyl (C=O) groups excluding carboxylic acids is 1. The number of amides is 1. The van der Waals surface area contributed by atoms with E-state index in [0.717, 1.165) is 31.7 Å². The number of nitrogens with zero attached hydrogens (tertiary/aromatic N) is 1. The standard InChI is InChI=1S/C15H23N3OS/c16-6-2-5-15(19)17-14-4-1-3-13(11-14)12-18-7-9-20-10-8-18/h1,3-4,11H,2,5-10,12,16H2,(H,17,19). The number of anilines is 1. The minimum Gasteiger partial charge on any atom is -0.330 e. The molecule has 0 bridgehead atoms. The third kappa shape index (κ3) is 5.15. The van der Waals surface area contributed by atoms with Crippen LogP contribution in [-0.2, 0) is 11.3 Å². The summed E-state index contributed by atoms with van der Waals surface area (Å²) in [4.78, 5) is 14.2. The minimum atomic E-state index is 0.0435. The van der Waals surface area contributed by atoms with Gasteiger partial charge in [-0.2, -0.15) is 11.8 Å². The Kier molecular flexibility index (Phi) is 6.36. The first-order valence-electron chi connectivity index (χ1n) is 7.17. The molecule has 110 valence electrons. The molecule has 5 heteroatoms. The molecule has 0 unspecified atom stereocenters. The fourth-order valence-electron chi connectivity index (χ4n) is 2.25. The molecule has 1 aliphatic rings. The van der Waals surface area contributed by atoms with E-state index in [4.69, 9.17) is 5.73 Å². The largest absolute Gasteiger partial charge is 0.330 e. The molecule has 1 amide bonds. The molecule has 4 nitrogen and oxygen atoms in total. The van der Waals surface area contributed by atoms with Gasteiger partial charge in [-0.05, 0) is 30.7 Å². The van der Waals surface area contributed by atoms with Crippen LogP contribution in [-0.4, -0.2) is 41.9 Å². The Bertz CT molecular complexity index is 433. The van der Waals surface area contributed by atoms with E-state index in [0.29, 0.717) is 13.0 Å². The van der Waals surface area contributed by atoms with Gasteiger partial charge < -0.3 is 11.1 Å². The minimum absolute atomic E-state index is 0.0435. The molecule has 0 radical (unpaired) electrons. The van der Waals surface area contributed by atoms with Gasteiger partial charge in [0.05, 0.1) is 0 Å². The normalized spacial score (nSPS) is 16.1. The van der Waals surface area contributed by atoms with Gasteiger partial charge in [0.15, 0.2) is 0 Å². The van der Waals surface area contributed by atoms with Crippen molar-refractivity contribution in [1.82, 2.24) is 4.90 Å². The van der Waals surface area contributed by atoms with E-state index in [1.165, 1.54) is 17.1 Å². The smallest absolute Gasteiger partial charge is 0.224 e. The molecule has 1 saturated heterocycles. The molecule has 1 aromatic rings.